The lowest BCUT2D eigenvalue weighted by Crippen LogP contribution is -2.50. The number of carboxylic acids is 2. The van der Waals surface area contributed by atoms with Crippen LogP contribution in [0.15, 0.2) is 23.8 Å². The number of carboxylic acid groups (broad SMARTS) is 2. The van der Waals surface area contributed by atoms with Gasteiger partial charge in [-0.2, -0.15) is 0 Å². The standard InChI is InChI=1S/C11H15NO4/c1-3-12-8-7(9(13)14)5-4-6-11(8,2)10(15)16/h4-6,8,12H,3H2,1-2H3,(H,13,14)(H,15,16). The second kappa shape index (κ2) is 4.49. The van der Waals surface area contributed by atoms with E-state index in [1.54, 1.807) is 6.92 Å². The summed E-state index contributed by atoms with van der Waals surface area (Å²) in [5.74, 6) is -2.13. The minimum Gasteiger partial charge on any atom is -0.481 e. The van der Waals surface area contributed by atoms with E-state index in [9.17, 15) is 14.7 Å². The van der Waals surface area contributed by atoms with Gasteiger partial charge < -0.3 is 15.5 Å². The molecule has 0 fully saturated rings. The second-order valence-electron chi connectivity index (χ2n) is 3.86. The third kappa shape index (κ3) is 1.99. The number of allylic oxidation sites excluding steroid dienone is 2. The fourth-order valence-electron chi connectivity index (χ4n) is 1.78. The number of hydrogen-bond donors (Lipinski definition) is 3. The van der Waals surface area contributed by atoms with Crippen molar-refractivity contribution < 1.29 is 19.8 Å². The average Bonchev–Trinajstić information content (AvgIpc) is 2.20. The predicted octanol–water partition coefficient (Wildman–Crippen LogP) is 0.636. The van der Waals surface area contributed by atoms with Crippen LogP contribution in [0.2, 0.25) is 0 Å². The Morgan fingerprint density at radius 1 is 1.50 bits per heavy atom. The van der Waals surface area contributed by atoms with Gasteiger partial charge in [-0.25, -0.2) is 4.79 Å². The summed E-state index contributed by atoms with van der Waals surface area (Å²) in [7, 11) is 0. The zero-order valence-corrected chi connectivity index (χ0v) is 9.23. The van der Waals surface area contributed by atoms with Gasteiger partial charge in [0.05, 0.1) is 11.6 Å². The smallest absolute Gasteiger partial charge is 0.333 e. The Hall–Kier alpha value is -1.62. The van der Waals surface area contributed by atoms with E-state index in [0.717, 1.165) is 0 Å². The molecule has 5 heteroatoms. The minimum absolute atomic E-state index is 0.0780. The summed E-state index contributed by atoms with van der Waals surface area (Å²) in [6, 6.07) is -0.711. The molecule has 1 rings (SSSR count). The molecule has 0 saturated carbocycles. The van der Waals surface area contributed by atoms with Crippen LogP contribution in [-0.2, 0) is 9.59 Å². The van der Waals surface area contributed by atoms with Crippen LogP contribution in [0, 0.1) is 5.41 Å². The highest BCUT2D eigenvalue weighted by Crippen LogP contribution is 2.32. The van der Waals surface area contributed by atoms with Gasteiger partial charge in [0.2, 0.25) is 0 Å². The summed E-state index contributed by atoms with van der Waals surface area (Å²) in [5.41, 5.74) is -1.15. The maximum absolute atomic E-state index is 11.2. The van der Waals surface area contributed by atoms with E-state index in [1.165, 1.54) is 25.2 Å². The van der Waals surface area contributed by atoms with Crippen LogP contribution in [0.5, 0.6) is 0 Å². The molecule has 0 bridgehead atoms. The van der Waals surface area contributed by atoms with Crippen molar-refractivity contribution in [3.8, 4) is 0 Å². The molecule has 88 valence electrons. The number of nitrogens with one attached hydrogen (secondary N) is 1. The second-order valence-corrected chi connectivity index (χ2v) is 3.86. The van der Waals surface area contributed by atoms with Crippen LogP contribution in [0.25, 0.3) is 0 Å². The van der Waals surface area contributed by atoms with Crippen molar-refractivity contribution in [1.82, 2.24) is 5.32 Å². The van der Waals surface area contributed by atoms with Crippen molar-refractivity contribution in [3.05, 3.63) is 23.8 Å². The Bertz CT molecular complexity index is 372. The number of carbonyl (C=O) groups is 2. The Labute approximate surface area is 93.5 Å². The van der Waals surface area contributed by atoms with Crippen molar-refractivity contribution in [3.63, 3.8) is 0 Å². The number of rotatable bonds is 4. The van der Waals surface area contributed by atoms with Gasteiger partial charge in [0.1, 0.15) is 5.41 Å². The third-order valence-electron chi connectivity index (χ3n) is 2.74. The number of aliphatic carboxylic acids is 2. The van der Waals surface area contributed by atoms with Crippen LogP contribution in [0.4, 0.5) is 0 Å². The van der Waals surface area contributed by atoms with E-state index in [2.05, 4.69) is 5.32 Å². The van der Waals surface area contributed by atoms with Crippen LogP contribution in [-0.4, -0.2) is 34.7 Å². The van der Waals surface area contributed by atoms with E-state index in [1.807, 2.05) is 0 Å². The van der Waals surface area contributed by atoms with Gasteiger partial charge >= 0.3 is 11.9 Å². The van der Waals surface area contributed by atoms with E-state index in [-0.39, 0.29) is 5.57 Å². The monoisotopic (exact) mass is 225 g/mol. The summed E-state index contributed by atoms with van der Waals surface area (Å²) < 4.78 is 0. The van der Waals surface area contributed by atoms with Crippen LogP contribution >= 0.6 is 0 Å². The summed E-state index contributed by atoms with van der Waals surface area (Å²) in [5, 5.41) is 21.1. The van der Waals surface area contributed by atoms with Gasteiger partial charge in [-0.1, -0.05) is 25.2 Å². The average molecular weight is 225 g/mol. The van der Waals surface area contributed by atoms with E-state index in [0.29, 0.717) is 6.54 Å². The molecule has 0 heterocycles. The highest BCUT2D eigenvalue weighted by Gasteiger charge is 2.44. The normalized spacial score (nSPS) is 28.6. The Balaban J connectivity index is 3.15. The number of likely N-dealkylation sites (N-methyl/N-ethyl adjacent to an activating group) is 1. The lowest BCUT2D eigenvalue weighted by molar-refractivity contribution is -0.146. The molecular weight excluding hydrogens is 210 g/mol. The van der Waals surface area contributed by atoms with Gasteiger partial charge in [0.15, 0.2) is 0 Å². The van der Waals surface area contributed by atoms with Crippen molar-refractivity contribution in [1.29, 1.82) is 0 Å². The predicted molar refractivity (Wildman–Crippen MR) is 58.1 cm³/mol. The van der Waals surface area contributed by atoms with Gasteiger partial charge in [-0.15, -0.1) is 0 Å². The van der Waals surface area contributed by atoms with Crippen molar-refractivity contribution >= 4 is 11.9 Å². The molecule has 0 aliphatic heterocycles. The van der Waals surface area contributed by atoms with Crippen LogP contribution in [0.1, 0.15) is 13.8 Å². The highest BCUT2D eigenvalue weighted by atomic mass is 16.4. The summed E-state index contributed by atoms with van der Waals surface area (Å²) in [6.45, 7) is 3.82. The summed E-state index contributed by atoms with van der Waals surface area (Å²) in [4.78, 5) is 22.2. The molecule has 0 aromatic rings. The maximum atomic E-state index is 11.2. The number of hydrogen-bond acceptors (Lipinski definition) is 3. The zero-order chi connectivity index (χ0) is 12.3. The van der Waals surface area contributed by atoms with E-state index < -0.39 is 23.4 Å². The molecule has 2 unspecified atom stereocenters. The van der Waals surface area contributed by atoms with Crippen LogP contribution in [0.3, 0.4) is 0 Å². The first-order chi connectivity index (χ1) is 7.43. The molecule has 16 heavy (non-hydrogen) atoms. The molecule has 0 spiro atoms. The minimum atomic E-state index is -1.22. The molecular formula is C11H15NO4. The lowest BCUT2D eigenvalue weighted by atomic mass is 9.75. The highest BCUT2D eigenvalue weighted by molar-refractivity contribution is 5.92. The molecule has 0 saturated heterocycles. The van der Waals surface area contributed by atoms with Gasteiger partial charge in [-0.3, -0.25) is 4.79 Å². The van der Waals surface area contributed by atoms with Crippen LogP contribution < -0.4 is 5.32 Å². The third-order valence-corrected chi connectivity index (χ3v) is 2.74. The quantitative estimate of drug-likeness (QED) is 0.653. The topological polar surface area (TPSA) is 86.6 Å². The Morgan fingerprint density at radius 3 is 2.56 bits per heavy atom. The summed E-state index contributed by atoms with van der Waals surface area (Å²) in [6.07, 6.45) is 4.42. The van der Waals surface area contributed by atoms with Crippen molar-refractivity contribution in [2.24, 2.45) is 5.41 Å². The van der Waals surface area contributed by atoms with E-state index in [4.69, 9.17) is 5.11 Å². The summed E-state index contributed by atoms with van der Waals surface area (Å²) >= 11 is 0. The SMILES string of the molecule is CCNC1C(C(=O)O)=CC=CC1(C)C(=O)O. The molecule has 0 aromatic carbocycles. The Morgan fingerprint density at radius 2 is 2.12 bits per heavy atom. The molecule has 1 aliphatic carbocycles. The first kappa shape index (κ1) is 12.4. The van der Waals surface area contributed by atoms with Gasteiger partial charge in [0, 0.05) is 0 Å². The molecule has 0 radical (unpaired) electrons. The van der Waals surface area contributed by atoms with Gasteiger partial charge in [-0.05, 0) is 13.5 Å². The molecule has 5 nitrogen and oxygen atoms in total. The largest absolute Gasteiger partial charge is 0.481 e. The first-order valence-corrected chi connectivity index (χ1v) is 5.03. The fourth-order valence-corrected chi connectivity index (χ4v) is 1.78. The first-order valence-electron chi connectivity index (χ1n) is 5.03. The lowest BCUT2D eigenvalue weighted by Gasteiger charge is -2.34. The molecule has 2 atom stereocenters. The molecule has 0 aromatic heterocycles. The van der Waals surface area contributed by atoms with Crippen molar-refractivity contribution in [2.45, 2.75) is 19.9 Å². The molecule has 3 N–H and O–H groups in total. The van der Waals surface area contributed by atoms with E-state index >= 15 is 0 Å². The fraction of sp³-hybridized carbons (Fsp3) is 0.455. The zero-order valence-electron chi connectivity index (χ0n) is 9.23. The molecule has 0 amide bonds. The van der Waals surface area contributed by atoms with Gasteiger partial charge in [0.25, 0.3) is 0 Å². The molecule has 1 aliphatic rings. The van der Waals surface area contributed by atoms with Crippen molar-refractivity contribution in [2.75, 3.05) is 6.54 Å². The maximum Gasteiger partial charge on any atom is 0.333 e. The Kier molecular flexibility index (Phi) is 3.49.